The standard InChI is InChI=1S/C15H13FN4O2/c1-3-20(21)10-4-5-13(12(16)8-10)22-15-11-6-7-19(2)14(11)17-9-18-15/h3-9H,1-2H3/b20-3+. The summed E-state index contributed by atoms with van der Waals surface area (Å²) < 4.78 is 22.0. The van der Waals surface area contributed by atoms with Gasteiger partial charge in [0.2, 0.25) is 11.6 Å². The third-order valence-electron chi connectivity index (χ3n) is 3.24. The van der Waals surface area contributed by atoms with Crippen molar-refractivity contribution in [1.29, 1.82) is 0 Å². The Balaban J connectivity index is 1.99. The zero-order chi connectivity index (χ0) is 15.7. The van der Waals surface area contributed by atoms with Gasteiger partial charge in [-0.2, -0.15) is 4.74 Å². The van der Waals surface area contributed by atoms with Gasteiger partial charge in [0.1, 0.15) is 12.0 Å². The van der Waals surface area contributed by atoms with E-state index in [9.17, 15) is 9.60 Å². The molecule has 0 bridgehead atoms. The van der Waals surface area contributed by atoms with Gasteiger partial charge in [0.15, 0.2) is 17.8 Å². The molecule has 0 saturated carbocycles. The third kappa shape index (κ3) is 2.37. The minimum absolute atomic E-state index is 0.00268. The Labute approximate surface area is 125 Å². The van der Waals surface area contributed by atoms with E-state index in [4.69, 9.17) is 4.74 Å². The van der Waals surface area contributed by atoms with Gasteiger partial charge < -0.3 is 14.5 Å². The van der Waals surface area contributed by atoms with E-state index < -0.39 is 5.82 Å². The Morgan fingerprint density at radius 2 is 2.14 bits per heavy atom. The number of aryl methyl sites for hydroxylation is 1. The van der Waals surface area contributed by atoms with Crippen LogP contribution in [0.3, 0.4) is 0 Å². The normalized spacial score (nSPS) is 11.9. The number of hydrogen-bond donors (Lipinski definition) is 0. The molecule has 2 heterocycles. The van der Waals surface area contributed by atoms with Crippen molar-refractivity contribution < 1.29 is 13.9 Å². The van der Waals surface area contributed by atoms with E-state index >= 15 is 0 Å². The molecule has 112 valence electrons. The lowest BCUT2D eigenvalue weighted by Gasteiger charge is -2.08. The van der Waals surface area contributed by atoms with Crippen LogP contribution in [0, 0.1) is 11.0 Å². The van der Waals surface area contributed by atoms with Crippen LogP contribution in [0.4, 0.5) is 10.1 Å². The van der Waals surface area contributed by atoms with Crippen molar-refractivity contribution in [2.75, 3.05) is 0 Å². The maximum absolute atomic E-state index is 14.1. The van der Waals surface area contributed by atoms with E-state index in [-0.39, 0.29) is 17.3 Å². The van der Waals surface area contributed by atoms with Crippen molar-refractivity contribution in [2.24, 2.45) is 7.05 Å². The molecule has 22 heavy (non-hydrogen) atoms. The summed E-state index contributed by atoms with van der Waals surface area (Å²) in [5.74, 6) is -0.377. The quantitative estimate of drug-likeness (QED) is 0.322. The van der Waals surface area contributed by atoms with Crippen LogP contribution in [0.25, 0.3) is 11.0 Å². The zero-order valence-corrected chi connectivity index (χ0v) is 12.0. The molecule has 0 aliphatic rings. The number of hydrogen-bond acceptors (Lipinski definition) is 4. The molecular formula is C15H13FN4O2. The minimum atomic E-state index is -0.636. The fourth-order valence-electron chi connectivity index (χ4n) is 2.10. The van der Waals surface area contributed by atoms with Gasteiger partial charge in [0.05, 0.1) is 11.5 Å². The number of aromatic nitrogens is 3. The van der Waals surface area contributed by atoms with E-state index in [1.807, 2.05) is 17.8 Å². The van der Waals surface area contributed by atoms with E-state index in [0.717, 1.165) is 6.07 Å². The highest BCUT2D eigenvalue weighted by Crippen LogP contribution is 2.30. The van der Waals surface area contributed by atoms with Crippen LogP contribution in [0.2, 0.25) is 0 Å². The number of fused-ring (bicyclic) bond motifs is 1. The number of halogens is 1. The summed E-state index contributed by atoms with van der Waals surface area (Å²) >= 11 is 0. The number of rotatable bonds is 3. The van der Waals surface area contributed by atoms with Crippen molar-refractivity contribution in [3.8, 4) is 11.6 Å². The Kier molecular flexibility index (Phi) is 3.46. The fourth-order valence-corrected chi connectivity index (χ4v) is 2.10. The topological polar surface area (TPSA) is 66.0 Å². The van der Waals surface area contributed by atoms with E-state index in [1.54, 1.807) is 13.0 Å². The summed E-state index contributed by atoms with van der Waals surface area (Å²) in [4.78, 5) is 8.18. The molecule has 1 aromatic carbocycles. The van der Waals surface area contributed by atoms with Crippen molar-refractivity contribution in [3.05, 3.63) is 47.8 Å². The first kappa shape index (κ1) is 14.0. The Bertz CT molecular complexity index is 873. The first-order chi connectivity index (χ1) is 10.6. The van der Waals surface area contributed by atoms with Crippen LogP contribution in [0.1, 0.15) is 6.92 Å². The average molecular weight is 300 g/mol. The highest BCUT2D eigenvalue weighted by atomic mass is 19.1. The molecule has 0 unspecified atom stereocenters. The summed E-state index contributed by atoms with van der Waals surface area (Å²) in [5, 5.41) is 12.1. The second-order valence-electron chi connectivity index (χ2n) is 4.64. The fraction of sp³-hybridized carbons (Fsp3) is 0.133. The average Bonchev–Trinajstić information content (AvgIpc) is 2.91. The van der Waals surface area contributed by atoms with Crippen LogP contribution < -0.4 is 4.74 Å². The summed E-state index contributed by atoms with van der Waals surface area (Å²) in [6.07, 6.45) is 4.47. The predicted molar refractivity (Wildman–Crippen MR) is 80.0 cm³/mol. The lowest BCUT2D eigenvalue weighted by atomic mass is 10.3. The summed E-state index contributed by atoms with van der Waals surface area (Å²) in [6, 6.07) is 5.79. The number of benzene rings is 1. The van der Waals surface area contributed by atoms with Gasteiger partial charge in [-0.05, 0) is 12.1 Å². The second kappa shape index (κ2) is 5.44. The molecule has 0 radical (unpaired) electrons. The van der Waals surface area contributed by atoms with Gasteiger partial charge in [-0.15, -0.1) is 0 Å². The van der Waals surface area contributed by atoms with E-state index in [0.29, 0.717) is 15.8 Å². The highest BCUT2D eigenvalue weighted by Gasteiger charge is 2.13. The van der Waals surface area contributed by atoms with Gasteiger partial charge in [0.25, 0.3) is 0 Å². The van der Waals surface area contributed by atoms with Gasteiger partial charge in [0, 0.05) is 26.2 Å². The lowest BCUT2D eigenvalue weighted by Crippen LogP contribution is -1.97. The molecule has 0 fully saturated rings. The molecule has 3 rings (SSSR count). The number of ether oxygens (including phenoxy) is 1. The molecule has 0 N–H and O–H groups in total. The smallest absolute Gasteiger partial charge is 0.231 e. The molecular weight excluding hydrogens is 287 g/mol. The molecule has 7 heteroatoms. The maximum Gasteiger partial charge on any atom is 0.231 e. The molecule has 0 aliphatic carbocycles. The molecule has 0 aliphatic heterocycles. The predicted octanol–water partition coefficient (Wildman–Crippen LogP) is 3.13. The highest BCUT2D eigenvalue weighted by molar-refractivity contribution is 5.81. The van der Waals surface area contributed by atoms with Crippen LogP contribution in [-0.2, 0) is 7.05 Å². The molecule has 2 aromatic heterocycles. The molecule has 0 amide bonds. The molecule has 0 spiro atoms. The second-order valence-corrected chi connectivity index (χ2v) is 4.64. The Morgan fingerprint density at radius 1 is 1.32 bits per heavy atom. The van der Waals surface area contributed by atoms with Gasteiger partial charge in [-0.3, -0.25) is 0 Å². The van der Waals surface area contributed by atoms with Gasteiger partial charge in [-0.25, -0.2) is 14.4 Å². The summed E-state index contributed by atoms with van der Waals surface area (Å²) in [6.45, 7) is 1.57. The van der Waals surface area contributed by atoms with E-state index in [1.165, 1.54) is 24.7 Å². The Hall–Kier alpha value is -2.96. The van der Waals surface area contributed by atoms with Crippen LogP contribution in [0.15, 0.2) is 36.8 Å². The van der Waals surface area contributed by atoms with Gasteiger partial charge in [-0.1, -0.05) is 0 Å². The molecule has 3 aromatic rings. The van der Waals surface area contributed by atoms with Crippen LogP contribution in [-0.4, -0.2) is 25.5 Å². The van der Waals surface area contributed by atoms with Crippen molar-refractivity contribution in [1.82, 2.24) is 14.5 Å². The summed E-state index contributed by atoms with van der Waals surface area (Å²) in [5.41, 5.74) is 0.883. The SMILES string of the molecule is C/C=[N+](/[O-])c1ccc(Oc2ncnc3c2ccn3C)c(F)c1. The Morgan fingerprint density at radius 3 is 2.86 bits per heavy atom. The molecule has 0 atom stereocenters. The van der Waals surface area contributed by atoms with Gasteiger partial charge >= 0.3 is 0 Å². The zero-order valence-electron chi connectivity index (χ0n) is 12.0. The molecule has 6 nitrogen and oxygen atoms in total. The minimum Gasteiger partial charge on any atom is -0.619 e. The van der Waals surface area contributed by atoms with Crippen molar-refractivity contribution in [2.45, 2.75) is 6.92 Å². The van der Waals surface area contributed by atoms with Crippen molar-refractivity contribution in [3.63, 3.8) is 0 Å². The largest absolute Gasteiger partial charge is 0.619 e. The first-order valence-electron chi connectivity index (χ1n) is 6.59. The van der Waals surface area contributed by atoms with Crippen LogP contribution in [0.5, 0.6) is 11.6 Å². The monoisotopic (exact) mass is 300 g/mol. The van der Waals surface area contributed by atoms with Crippen molar-refractivity contribution >= 4 is 22.9 Å². The molecule has 0 saturated heterocycles. The van der Waals surface area contributed by atoms with E-state index in [2.05, 4.69) is 9.97 Å². The summed E-state index contributed by atoms with van der Waals surface area (Å²) in [7, 11) is 1.85. The third-order valence-corrected chi connectivity index (χ3v) is 3.24. The lowest BCUT2D eigenvalue weighted by molar-refractivity contribution is -0.355. The maximum atomic E-state index is 14.1. The number of nitrogens with zero attached hydrogens (tertiary/aromatic N) is 4. The first-order valence-corrected chi connectivity index (χ1v) is 6.59. The van der Waals surface area contributed by atoms with Crippen LogP contribution >= 0.6 is 0 Å².